The van der Waals surface area contributed by atoms with E-state index in [4.69, 9.17) is 10.00 Å². The maximum atomic E-state index is 11.9. The highest BCUT2D eigenvalue weighted by atomic mass is 16.6. The van der Waals surface area contributed by atoms with Gasteiger partial charge in [0.1, 0.15) is 5.60 Å². The summed E-state index contributed by atoms with van der Waals surface area (Å²) < 4.78 is 5.23. The first-order valence-corrected chi connectivity index (χ1v) is 8.11. The van der Waals surface area contributed by atoms with Gasteiger partial charge in [-0.3, -0.25) is 0 Å². The Morgan fingerprint density at radius 1 is 1.28 bits per heavy atom. The van der Waals surface area contributed by atoms with E-state index in [2.05, 4.69) is 16.7 Å². The van der Waals surface area contributed by atoms with Crippen LogP contribution in [-0.2, 0) is 4.74 Å². The summed E-state index contributed by atoms with van der Waals surface area (Å²) in [7, 11) is 1.62. The van der Waals surface area contributed by atoms with Crippen molar-refractivity contribution in [1.29, 1.82) is 5.26 Å². The molecule has 7 heteroatoms. The number of likely N-dealkylation sites (N-methyl/N-ethyl adjacent to an activating group) is 1. The van der Waals surface area contributed by atoms with Gasteiger partial charge in [0.05, 0.1) is 17.7 Å². The van der Waals surface area contributed by atoms with E-state index >= 15 is 0 Å². The van der Waals surface area contributed by atoms with Crippen molar-refractivity contribution >= 4 is 12.1 Å². The molecule has 0 radical (unpaired) electrons. The van der Waals surface area contributed by atoms with Crippen molar-refractivity contribution in [1.82, 2.24) is 15.5 Å². The zero-order valence-corrected chi connectivity index (χ0v) is 15.4. The van der Waals surface area contributed by atoms with E-state index in [9.17, 15) is 9.59 Å². The van der Waals surface area contributed by atoms with Crippen LogP contribution in [0.5, 0.6) is 0 Å². The van der Waals surface area contributed by atoms with E-state index in [0.29, 0.717) is 18.7 Å². The van der Waals surface area contributed by atoms with Gasteiger partial charge in [-0.25, -0.2) is 9.59 Å². The summed E-state index contributed by atoms with van der Waals surface area (Å²) in [4.78, 5) is 25.1. The van der Waals surface area contributed by atoms with E-state index in [0.717, 1.165) is 5.56 Å². The van der Waals surface area contributed by atoms with E-state index in [1.807, 2.05) is 6.92 Å². The van der Waals surface area contributed by atoms with Crippen molar-refractivity contribution < 1.29 is 14.3 Å². The van der Waals surface area contributed by atoms with Crippen molar-refractivity contribution in [2.24, 2.45) is 0 Å². The van der Waals surface area contributed by atoms with E-state index in [1.54, 1.807) is 52.1 Å². The molecule has 136 valence electrons. The average Bonchev–Trinajstić information content (AvgIpc) is 2.53. The summed E-state index contributed by atoms with van der Waals surface area (Å²) in [5.74, 6) is 0. The normalized spacial score (nSPS) is 11.8. The Labute approximate surface area is 148 Å². The molecule has 2 N–H and O–H groups in total. The first-order valence-electron chi connectivity index (χ1n) is 8.11. The Hall–Kier alpha value is -2.75. The third kappa shape index (κ3) is 7.57. The van der Waals surface area contributed by atoms with Gasteiger partial charge in [0.15, 0.2) is 0 Å². The number of rotatable bonds is 5. The summed E-state index contributed by atoms with van der Waals surface area (Å²) in [6.45, 7) is 7.90. The lowest BCUT2D eigenvalue weighted by Gasteiger charge is -2.24. The first-order chi connectivity index (χ1) is 11.6. The highest BCUT2D eigenvalue weighted by Crippen LogP contribution is 2.12. The molecule has 0 bridgehead atoms. The zero-order chi connectivity index (χ0) is 19.0. The Balaban J connectivity index is 2.36. The lowest BCUT2D eigenvalue weighted by Crippen LogP contribution is -2.42. The van der Waals surface area contributed by atoms with Crippen LogP contribution in [0.15, 0.2) is 24.3 Å². The largest absolute Gasteiger partial charge is 0.444 e. The second kappa shape index (κ2) is 8.92. The zero-order valence-electron chi connectivity index (χ0n) is 15.4. The lowest BCUT2D eigenvalue weighted by atomic mass is 10.1. The molecule has 1 unspecified atom stereocenters. The number of nitrogens with one attached hydrogen (secondary N) is 2. The van der Waals surface area contributed by atoms with Crippen molar-refractivity contribution in [3.63, 3.8) is 0 Å². The van der Waals surface area contributed by atoms with Crippen LogP contribution in [0.4, 0.5) is 9.59 Å². The van der Waals surface area contributed by atoms with Gasteiger partial charge >= 0.3 is 12.1 Å². The molecule has 1 aromatic carbocycles. The third-order valence-electron chi connectivity index (χ3n) is 3.33. The second-order valence-corrected chi connectivity index (χ2v) is 6.76. The maximum absolute atomic E-state index is 11.9. The molecule has 0 heterocycles. The minimum absolute atomic E-state index is 0.198. The van der Waals surface area contributed by atoms with E-state index in [1.165, 1.54) is 4.90 Å². The van der Waals surface area contributed by atoms with Gasteiger partial charge in [0, 0.05) is 20.1 Å². The average molecular weight is 346 g/mol. The number of hydrogen-bond acceptors (Lipinski definition) is 4. The third-order valence-corrected chi connectivity index (χ3v) is 3.33. The minimum atomic E-state index is -0.549. The van der Waals surface area contributed by atoms with Crippen molar-refractivity contribution in [3.8, 4) is 6.07 Å². The van der Waals surface area contributed by atoms with Crippen molar-refractivity contribution in [2.75, 3.05) is 20.1 Å². The molecule has 0 spiro atoms. The summed E-state index contributed by atoms with van der Waals surface area (Å²) >= 11 is 0. The number of ether oxygens (including phenoxy) is 1. The van der Waals surface area contributed by atoms with Crippen molar-refractivity contribution in [2.45, 2.75) is 39.3 Å². The van der Waals surface area contributed by atoms with Crippen LogP contribution in [0.2, 0.25) is 0 Å². The number of amides is 3. The fourth-order valence-electron chi connectivity index (χ4n) is 1.95. The van der Waals surface area contributed by atoms with Gasteiger partial charge in [-0.1, -0.05) is 12.1 Å². The van der Waals surface area contributed by atoms with Gasteiger partial charge in [-0.2, -0.15) is 5.26 Å². The molecule has 1 rings (SSSR count). The quantitative estimate of drug-likeness (QED) is 0.857. The molecule has 25 heavy (non-hydrogen) atoms. The number of hydrogen-bond donors (Lipinski definition) is 2. The molecular formula is C18H26N4O3. The predicted octanol–water partition coefficient (Wildman–Crippen LogP) is 2.79. The van der Waals surface area contributed by atoms with Crippen LogP contribution in [0.25, 0.3) is 0 Å². The Bertz CT molecular complexity index is 629. The van der Waals surface area contributed by atoms with Crippen LogP contribution >= 0.6 is 0 Å². The van der Waals surface area contributed by atoms with Gasteiger partial charge < -0.3 is 20.3 Å². The second-order valence-electron chi connectivity index (χ2n) is 6.76. The summed E-state index contributed by atoms with van der Waals surface area (Å²) in [6.07, 6.45) is -0.430. The van der Waals surface area contributed by atoms with Gasteiger partial charge in [0.25, 0.3) is 0 Å². The molecule has 1 aromatic rings. The number of nitriles is 1. The van der Waals surface area contributed by atoms with Crippen LogP contribution in [0.1, 0.15) is 44.9 Å². The highest BCUT2D eigenvalue weighted by Gasteiger charge is 2.19. The number of carbonyl (C=O) groups is 2. The molecule has 1 atom stereocenters. The Morgan fingerprint density at radius 2 is 1.88 bits per heavy atom. The van der Waals surface area contributed by atoms with Gasteiger partial charge in [0.2, 0.25) is 0 Å². The minimum Gasteiger partial charge on any atom is -0.444 e. The van der Waals surface area contributed by atoms with Gasteiger partial charge in [-0.15, -0.1) is 0 Å². The van der Waals surface area contributed by atoms with Crippen molar-refractivity contribution in [3.05, 3.63) is 35.4 Å². The number of urea groups is 1. The van der Waals surface area contributed by atoms with Crippen LogP contribution < -0.4 is 10.6 Å². The smallest absolute Gasteiger partial charge is 0.410 e. The number of benzene rings is 1. The highest BCUT2D eigenvalue weighted by molar-refractivity contribution is 5.74. The summed E-state index contributed by atoms with van der Waals surface area (Å²) in [5, 5.41) is 14.3. The fraction of sp³-hybridized carbons (Fsp3) is 0.500. The monoisotopic (exact) mass is 346 g/mol. The molecular weight excluding hydrogens is 320 g/mol. The number of carbonyl (C=O) groups excluding carboxylic acids is 2. The summed E-state index contributed by atoms with van der Waals surface area (Å²) in [6, 6.07) is 8.56. The Morgan fingerprint density at radius 3 is 2.40 bits per heavy atom. The molecule has 3 amide bonds. The maximum Gasteiger partial charge on any atom is 0.410 e. The van der Waals surface area contributed by atoms with Crippen LogP contribution in [0, 0.1) is 11.3 Å². The lowest BCUT2D eigenvalue weighted by molar-refractivity contribution is 0.0301. The first kappa shape index (κ1) is 20.3. The Kier molecular flexibility index (Phi) is 7.24. The van der Waals surface area contributed by atoms with Gasteiger partial charge in [-0.05, 0) is 45.4 Å². The van der Waals surface area contributed by atoms with E-state index < -0.39 is 11.7 Å². The standard InChI is InChI=1S/C18H26N4O3/c1-13(15-8-6-14(12-19)7-9-15)21-16(23)20-10-11-22(5)17(24)25-18(2,3)4/h6-9,13H,10-11H2,1-5H3,(H2,20,21,23). The molecule has 0 aromatic heterocycles. The molecule has 0 aliphatic carbocycles. The molecule has 0 aliphatic heterocycles. The molecule has 0 saturated heterocycles. The van der Waals surface area contributed by atoms with Crippen LogP contribution in [-0.4, -0.2) is 42.8 Å². The SMILES string of the molecule is CC(NC(=O)NCCN(C)C(=O)OC(C)(C)C)c1ccc(C#N)cc1. The van der Waals surface area contributed by atoms with Crippen LogP contribution in [0.3, 0.4) is 0 Å². The summed E-state index contributed by atoms with van der Waals surface area (Å²) in [5.41, 5.74) is 0.928. The topological polar surface area (TPSA) is 94.5 Å². The number of nitrogens with zero attached hydrogens (tertiary/aromatic N) is 2. The molecule has 7 nitrogen and oxygen atoms in total. The molecule has 0 fully saturated rings. The molecule has 0 saturated carbocycles. The fourth-order valence-corrected chi connectivity index (χ4v) is 1.95. The molecule has 0 aliphatic rings. The van der Waals surface area contributed by atoms with E-state index in [-0.39, 0.29) is 12.1 Å². The predicted molar refractivity (Wildman–Crippen MR) is 95.0 cm³/mol.